The molecule has 0 aliphatic heterocycles. The Hall–Kier alpha value is -1.58. The maximum Gasteiger partial charge on any atom is 0.164 e. The second kappa shape index (κ2) is 3.43. The molecule has 1 rings (SSSR count). The third kappa shape index (κ3) is 1.77. The van der Waals surface area contributed by atoms with Crippen LogP contribution in [0.5, 0.6) is 0 Å². The Morgan fingerprint density at radius 1 is 1.38 bits per heavy atom. The van der Waals surface area contributed by atoms with E-state index in [0.717, 1.165) is 16.1 Å². The van der Waals surface area contributed by atoms with E-state index in [2.05, 4.69) is 0 Å². The van der Waals surface area contributed by atoms with Gasteiger partial charge in [0.2, 0.25) is 0 Å². The zero-order valence-corrected chi connectivity index (χ0v) is 7.94. The molecule has 0 saturated heterocycles. The Bertz CT molecular complexity index is 336. The molecule has 0 N–H and O–H groups in total. The molecule has 0 amide bonds. The average Bonchev–Trinajstić information content (AvgIpc) is 2.08. The predicted molar refractivity (Wildman–Crippen MR) is 51.3 cm³/mol. The van der Waals surface area contributed by atoms with Crippen LogP contribution in [-0.4, -0.2) is 12.1 Å². The highest BCUT2D eigenvalue weighted by atomic mass is 16.7. The summed E-state index contributed by atoms with van der Waals surface area (Å²) in [5.41, 5.74) is 2.65. The highest BCUT2D eigenvalue weighted by Crippen LogP contribution is 2.21. The van der Waals surface area contributed by atoms with Crippen LogP contribution in [0, 0.1) is 24.0 Å². The van der Waals surface area contributed by atoms with E-state index >= 15 is 0 Å². The molecule has 0 aromatic heterocycles. The fourth-order valence-corrected chi connectivity index (χ4v) is 1.17. The Balaban J connectivity index is 3.15. The summed E-state index contributed by atoms with van der Waals surface area (Å²) in [5, 5.41) is 11.1. The molecule has 13 heavy (non-hydrogen) atoms. The van der Waals surface area contributed by atoms with Crippen molar-refractivity contribution in [3.63, 3.8) is 0 Å². The van der Waals surface area contributed by atoms with Crippen LogP contribution in [0.4, 0.5) is 5.69 Å². The molecule has 0 aliphatic carbocycles. The lowest BCUT2D eigenvalue weighted by Crippen LogP contribution is -2.25. The van der Waals surface area contributed by atoms with Crippen molar-refractivity contribution < 1.29 is 5.03 Å². The summed E-state index contributed by atoms with van der Waals surface area (Å²) in [6.45, 7) is 3.82. The molecule has 1 aromatic carbocycles. The van der Waals surface area contributed by atoms with Gasteiger partial charge in [-0.3, -0.25) is 0 Å². The molecular formula is C9H12N2O2. The molecule has 70 valence electrons. The van der Waals surface area contributed by atoms with E-state index in [1.165, 1.54) is 7.05 Å². The fourth-order valence-electron chi connectivity index (χ4n) is 1.17. The third-order valence-corrected chi connectivity index (χ3v) is 2.17. The van der Waals surface area contributed by atoms with Crippen molar-refractivity contribution in [3.05, 3.63) is 39.4 Å². The van der Waals surface area contributed by atoms with E-state index in [1.54, 1.807) is 6.07 Å². The van der Waals surface area contributed by atoms with E-state index in [0.29, 0.717) is 5.69 Å². The highest BCUT2D eigenvalue weighted by Gasteiger charge is 2.13. The van der Waals surface area contributed by atoms with Crippen molar-refractivity contribution >= 4 is 5.69 Å². The highest BCUT2D eigenvalue weighted by molar-refractivity contribution is 5.53. The minimum absolute atomic E-state index is 0.429. The number of rotatable bonds is 2. The van der Waals surface area contributed by atoms with Gasteiger partial charge in [0.25, 0.3) is 0 Å². The molecule has 0 fully saturated rings. The van der Waals surface area contributed by atoms with E-state index in [9.17, 15) is 10.1 Å². The second-order valence-corrected chi connectivity index (χ2v) is 2.98. The zero-order chi connectivity index (χ0) is 10.0. The first-order valence-corrected chi connectivity index (χ1v) is 3.98. The number of nitrogens with zero attached hydrogens (tertiary/aromatic N) is 2. The Labute approximate surface area is 76.9 Å². The van der Waals surface area contributed by atoms with E-state index in [1.807, 2.05) is 26.0 Å². The van der Waals surface area contributed by atoms with Gasteiger partial charge in [-0.15, -0.1) is 0 Å². The maximum atomic E-state index is 10.5. The summed E-state index contributed by atoms with van der Waals surface area (Å²) in [5.74, 6) is 0. The van der Waals surface area contributed by atoms with Gasteiger partial charge in [-0.25, -0.2) is 10.1 Å². The van der Waals surface area contributed by atoms with E-state index in [4.69, 9.17) is 0 Å². The Kier molecular flexibility index (Phi) is 2.51. The summed E-state index contributed by atoms with van der Waals surface area (Å²) < 4.78 is 0. The van der Waals surface area contributed by atoms with Crippen LogP contribution in [0.25, 0.3) is 0 Å². The predicted octanol–water partition coefficient (Wildman–Crippen LogP) is 1.93. The molecular weight excluding hydrogens is 168 g/mol. The summed E-state index contributed by atoms with van der Waals surface area (Å²) in [6.07, 6.45) is 0. The van der Waals surface area contributed by atoms with Crippen molar-refractivity contribution in [2.45, 2.75) is 13.8 Å². The number of anilines is 1. The smallest absolute Gasteiger partial charge is 0.164 e. The summed E-state index contributed by atoms with van der Waals surface area (Å²) in [7, 11) is 1.45. The molecule has 1 aromatic rings. The molecule has 0 radical (unpaired) electrons. The van der Waals surface area contributed by atoms with Gasteiger partial charge in [0, 0.05) is 0 Å². The number of benzene rings is 1. The van der Waals surface area contributed by atoms with Gasteiger partial charge in [0.15, 0.2) is 5.03 Å². The molecule has 0 unspecified atom stereocenters. The van der Waals surface area contributed by atoms with Gasteiger partial charge in [-0.1, -0.05) is 17.1 Å². The number of hydrazine groups is 1. The SMILES string of the molecule is Cc1cccc(N(C)[N+](=O)[O-])c1C. The second-order valence-electron chi connectivity index (χ2n) is 2.98. The summed E-state index contributed by atoms with van der Waals surface area (Å²) in [4.78, 5) is 10.5. The van der Waals surface area contributed by atoms with Gasteiger partial charge in [-0.2, -0.15) is 0 Å². The van der Waals surface area contributed by atoms with E-state index < -0.39 is 5.03 Å². The Morgan fingerprint density at radius 3 is 2.54 bits per heavy atom. The normalized spacial score (nSPS) is 9.77. The lowest BCUT2D eigenvalue weighted by molar-refractivity contribution is -0.490. The fraction of sp³-hybridized carbons (Fsp3) is 0.333. The standard InChI is InChI=1S/C9H12N2O2/c1-7-5-4-6-9(8(7)2)10(3)11(12)13/h4-6H,1-3H3. The largest absolute Gasteiger partial charge is 0.234 e. The first kappa shape index (κ1) is 9.51. The van der Waals surface area contributed by atoms with E-state index in [-0.39, 0.29) is 0 Å². The summed E-state index contributed by atoms with van der Waals surface area (Å²) in [6, 6.07) is 5.50. The third-order valence-electron chi connectivity index (χ3n) is 2.17. The molecule has 0 aliphatic rings. The molecule has 0 saturated carbocycles. The Morgan fingerprint density at radius 2 is 2.00 bits per heavy atom. The van der Waals surface area contributed by atoms with Gasteiger partial charge >= 0.3 is 0 Å². The van der Waals surface area contributed by atoms with Gasteiger partial charge < -0.3 is 0 Å². The van der Waals surface area contributed by atoms with Gasteiger partial charge in [0.1, 0.15) is 5.69 Å². The monoisotopic (exact) mass is 180 g/mol. The number of hydrogen-bond donors (Lipinski definition) is 0. The molecule has 0 spiro atoms. The lowest BCUT2D eigenvalue weighted by Gasteiger charge is -2.12. The van der Waals surface area contributed by atoms with Crippen molar-refractivity contribution in [2.24, 2.45) is 0 Å². The van der Waals surface area contributed by atoms with Gasteiger partial charge in [-0.05, 0) is 31.0 Å². The number of hydrogen-bond acceptors (Lipinski definition) is 2. The minimum atomic E-state index is -0.429. The maximum absolute atomic E-state index is 10.5. The number of aryl methyl sites for hydroxylation is 1. The quantitative estimate of drug-likeness (QED) is 0.516. The van der Waals surface area contributed by atoms with Crippen LogP contribution in [0.1, 0.15) is 11.1 Å². The van der Waals surface area contributed by atoms with Crippen LogP contribution in [0.3, 0.4) is 0 Å². The van der Waals surface area contributed by atoms with Crippen molar-refractivity contribution in [2.75, 3.05) is 12.1 Å². The molecule has 0 heterocycles. The minimum Gasteiger partial charge on any atom is -0.234 e. The van der Waals surface area contributed by atoms with Crippen LogP contribution in [0.2, 0.25) is 0 Å². The average molecular weight is 180 g/mol. The first-order chi connectivity index (χ1) is 6.04. The van der Waals surface area contributed by atoms with Crippen molar-refractivity contribution in [1.29, 1.82) is 0 Å². The van der Waals surface area contributed by atoms with Crippen LogP contribution in [-0.2, 0) is 0 Å². The zero-order valence-electron chi connectivity index (χ0n) is 7.94. The first-order valence-electron chi connectivity index (χ1n) is 3.98. The molecule has 0 atom stereocenters. The van der Waals surface area contributed by atoms with Crippen LogP contribution in [0.15, 0.2) is 18.2 Å². The van der Waals surface area contributed by atoms with Gasteiger partial charge in [0.05, 0.1) is 7.05 Å². The van der Waals surface area contributed by atoms with Crippen molar-refractivity contribution in [3.8, 4) is 0 Å². The van der Waals surface area contributed by atoms with Crippen molar-refractivity contribution in [1.82, 2.24) is 0 Å². The number of nitro groups is 1. The van der Waals surface area contributed by atoms with Crippen LogP contribution < -0.4 is 5.01 Å². The topological polar surface area (TPSA) is 46.4 Å². The molecule has 4 heteroatoms. The molecule has 4 nitrogen and oxygen atoms in total. The van der Waals surface area contributed by atoms with Crippen LogP contribution >= 0.6 is 0 Å². The summed E-state index contributed by atoms with van der Waals surface area (Å²) >= 11 is 0. The molecule has 0 bridgehead atoms. The lowest BCUT2D eigenvalue weighted by atomic mass is 10.1.